The molecule has 1 heterocycles. The molecule has 0 aromatic carbocycles. The molecular formula is C17H28BrNS. The van der Waals surface area contributed by atoms with E-state index >= 15 is 0 Å². The van der Waals surface area contributed by atoms with Crippen LogP contribution < -0.4 is 5.32 Å². The van der Waals surface area contributed by atoms with Gasteiger partial charge in [-0.3, -0.25) is 0 Å². The van der Waals surface area contributed by atoms with Gasteiger partial charge in [-0.15, -0.1) is 11.3 Å². The molecule has 1 unspecified atom stereocenters. The van der Waals surface area contributed by atoms with Gasteiger partial charge in [0.05, 0.1) is 3.79 Å². The molecule has 0 aliphatic heterocycles. The minimum absolute atomic E-state index is 0.679. The number of thiophene rings is 1. The first-order chi connectivity index (χ1) is 9.79. The monoisotopic (exact) mass is 357 g/mol. The Morgan fingerprint density at radius 1 is 1.20 bits per heavy atom. The predicted molar refractivity (Wildman–Crippen MR) is 93.6 cm³/mol. The van der Waals surface area contributed by atoms with Crippen molar-refractivity contribution in [1.29, 1.82) is 0 Å². The largest absolute Gasteiger partial charge is 0.313 e. The molecule has 1 saturated carbocycles. The van der Waals surface area contributed by atoms with Gasteiger partial charge in [-0.25, -0.2) is 0 Å². The Bertz CT molecular complexity index is 369. The zero-order valence-electron chi connectivity index (χ0n) is 12.7. The van der Waals surface area contributed by atoms with Crippen molar-refractivity contribution in [3.05, 3.63) is 20.8 Å². The Morgan fingerprint density at radius 3 is 2.50 bits per heavy atom. The highest BCUT2D eigenvalue weighted by Gasteiger charge is 2.22. The lowest BCUT2D eigenvalue weighted by Gasteiger charge is -2.29. The van der Waals surface area contributed by atoms with Crippen molar-refractivity contribution in [3.63, 3.8) is 0 Å². The Labute approximate surface area is 136 Å². The summed E-state index contributed by atoms with van der Waals surface area (Å²) < 4.78 is 1.26. The number of halogens is 1. The Hall–Kier alpha value is 0.140. The van der Waals surface area contributed by atoms with E-state index in [9.17, 15) is 0 Å². The van der Waals surface area contributed by atoms with Gasteiger partial charge >= 0.3 is 0 Å². The van der Waals surface area contributed by atoms with E-state index in [1.54, 1.807) is 0 Å². The van der Waals surface area contributed by atoms with Gasteiger partial charge in [0.25, 0.3) is 0 Å². The Balaban J connectivity index is 1.96. The molecule has 3 heteroatoms. The number of nitrogens with one attached hydrogen (secondary N) is 1. The molecule has 0 spiro atoms. The summed E-state index contributed by atoms with van der Waals surface area (Å²) in [5.41, 5.74) is 0. The summed E-state index contributed by atoms with van der Waals surface area (Å²) in [5, 5.41) is 3.84. The van der Waals surface area contributed by atoms with Crippen LogP contribution in [0.2, 0.25) is 0 Å². The van der Waals surface area contributed by atoms with Crippen LogP contribution in [0, 0.1) is 5.92 Å². The van der Waals surface area contributed by atoms with E-state index in [-0.39, 0.29) is 0 Å². The minimum Gasteiger partial charge on any atom is -0.313 e. The van der Waals surface area contributed by atoms with Crippen LogP contribution in [-0.2, 0) is 6.42 Å². The van der Waals surface area contributed by atoms with Crippen molar-refractivity contribution in [2.24, 2.45) is 5.92 Å². The maximum absolute atomic E-state index is 3.84. The molecule has 0 radical (unpaired) electrons. The smallest absolute Gasteiger partial charge is 0.0701 e. The van der Waals surface area contributed by atoms with Gasteiger partial charge in [0.15, 0.2) is 0 Å². The molecular weight excluding hydrogens is 330 g/mol. The van der Waals surface area contributed by atoms with Gasteiger partial charge in [-0.05, 0) is 66.2 Å². The van der Waals surface area contributed by atoms with Crippen molar-refractivity contribution >= 4 is 27.3 Å². The summed E-state index contributed by atoms with van der Waals surface area (Å²) in [4.78, 5) is 1.52. The SMILES string of the molecule is CCCNC(Cc1ccc(Br)s1)C1CCCCCCC1. The minimum atomic E-state index is 0.679. The molecule has 1 N–H and O–H groups in total. The Kier molecular flexibility index (Phi) is 7.61. The fourth-order valence-corrected chi connectivity index (χ4v) is 4.84. The predicted octanol–water partition coefficient (Wildman–Crippen LogP) is 5.78. The van der Waals surface area contributed by atoms with Crippen molar-refractivity contribution in [3.8, 4) is 0 Å². The van der Waals surface area contributed by atoms with Gasteiger partial charge in [0.2, 0.25) is 0 Å². The van der Waals surface area contributed by atoms with E-state index in [0.29, 0.717) is 6.04 Å². The van der Waals surface area contributed by atoms with Gasteiger partial charge < -0.3 is 5.32 Å². The first kappa shape index (κ1) is 16.5. The molecule has 1 nitrogen and oxygen atoms in total. The molecule has 114 valence electrons. The van der Waals surface area contributed by atoms with E-state index < -0.39 is 0 Å². The third-order valence-electron chi connectivity index (χ3n) is 4.43. The topological polar surface area (TPSA) is 12.0 Å². The molecule has 1 aromatic heterocycles. The molecule has 1 aliphatic carbocycles. The molecule has 20 heavy (non-hydrogen) atoms. The second-order valence-electron chi connectivity index (χ2n) is 6.08. The average Bonchev–Trinajstić information content (AvgIpc) is 2.80. The maximum atomic E-state index is 3.84. The summed E-state index contributed by atoms with van der Waals surface area (Å²) in [7, 11) is 0. The quantitative estimate of drug-likeness (QED) is 0.679. The summed E-state index contributed by atoms with van der Waals surface area (Å²) in [6, 6.07) is 5.16. The van der Waals surface area contributed by atoms with Gasteiger partial charge in [-0.2, -0.15) is 0 Å². The van der Waals surface area contributed by atoms with Crippen LogP contribution >= 0.6 is 27.3 Å². The van der Waals surface area contributed by atoms with Crippen LogP contribution in [0.25, 0.3) is 0 Å². The highest BCUT2D eigenvalue weighted by molar-refractivity contribution is 9.11. The van der Waals surface area contributed by atoms with Crippen LogP contribution in [0.1, 0.15) is 63.2 Å². The van der Waals surface area contributed by atoms with Gasteiger partial charge in [-0.1, -0.05) is 39.0 Å². The third kappa shape index (κ3) is 5.50. The van der Waals surface area contributed by atoms with Crippen LogP contribution in [-0.4, -0.2) is 12.6 Å². The van der Waals surface area contributed by atoms with Crippen molar-refractivity contribution in [2.45, 2.75) is 70.8 Å². The lowest BCUT2D eigenvalue weighted by atomic mass is 9.84. The normalized spacial score (nSPS) is 19.5. The summed E-state index contributed by atoms with van der Waals surface area (Å²) in [6.45, 7) is 3.43. The van der Waals surface area contributed by atoms with Crippen LogP contribution in [0.5, 0.6) is 0 Å². The molecule has 0 bridgehead atoms. The number of hydrogen-bond donors (Lipinski definition) is 1. The van der Waals surface area contributed by atoms with Crippen molar-refractivity contribution < 1.29 is 0 Å². The highest BCUT2D eigenvalue weighted by atomic mass is 79.9. The molecule has 1 fully saturated rings. The van der Waals surface area contributed by atoms with E-state index in [0.717, 1.165) is 12.5 Å². The first-order valence-corrected chi connectivity index (χ1v) is 9.88. The van der Waals surface area contributed by atoms with Gasteiger partial charge in [0, 0.05) is 10.9 Å². The van der Waals surface area contributed by atoms with E-state index in [2.05, 4.69) is 40.3 Å². The number of rotatable bonds is 6. The first-order valence-electron chi connectivity index (χ1n) is 8.27. The maximum Gasteiger partial charge on any atom is 0.0701 e. The lowest BCUT2D eigenvalue weighted by molar-refractivity contribution is 0.284. The molecule has 0 amide bonds. The van der Waals surface area contributed by atoms with Crippen LogP contribution in [0.3, 0.4) is 0 Å². The summed E-state index contributed by atoms with van der Waals surface area (Å²) in [6.07, 6.45) is 12.5. The van der Waals surface area contributed by atoms with Crippen molar-refractivity contribution in [2.75, 3.05) is 6.54 Å². The van der Waals surface area contributed by atoms with E-state index in [1.165, 1.54) is 66.5 Å². The molecule has 0 saturated heterocycles. The molecule has 2 rings (SSSR count). The molecule has 1 atom stereocenters. The average molecular weight is 358 g/mol. The standard InChI is InChI=1S/C17H28BrNS/c1-2-12-19-16(13-15-10-11-17(18)20-15)14-8-6-4-3-5-7-9-14/h10-11,14,16,19H,2-9,12-13H2,1H3. The van der Waals surface area contributed by atoms with Crippen molar-refractivity contribution in [1.82, 2.24) is 5.32 Å². The molecule has 1 aromatic rings. The zero-order valence-corrected chi connectivity index (χ0v) is 15.1. The van der Waals surface area contributed by atoms with Crippen LogP contribution in [0.15, 0.2) is 15.9 Å². The highest BCUT2D eigenvalue weighted by Crippen LogP contribution is 2.29. The van der Waals surface area contributed by atoms with Crippen LogP contribution in [0.4, 0.5) is 0 Å². The zero-order chi connectivity index (χ0) is 14.2. The Morgan fingerprint density at radius 2 is 1.90 bits per heavy atom. The fraction of sp³-hybridized carbons (Fsp3) is 0.765. The third-order valence-corrected chi connectivity index (χ3v) is 6.07. The van der Waals surface area contributed by atoms with E-state index in [1.807, 2.05) is 11.3 Å². The molecule has 1 aliphatic rings. The summed E-state index contributed by atoms with van der Waals surface area (Å²) in [5.74, 6) is 0.878. The van der Waals surface area contributed by atoms with E-state index in [4.69, 9.17) is 0 Å². The van der Waals surface area contributed by atoms with Gasteiger partial charge in [0.1, 0.15) is 0 Å². The fourth-order valence-electron chi connectivity index (χ4n) is 3.30. The summed E-state index contributed by atoms with van der Waals surface area (Å²) >= 11 is 5.49. The second kappa shape index (κ2) is 9.22. The second-order valence-corrected chi connectivity index (χ2v) is 8.62. The lowest BCUT2D eigenvalue weighted by Crippen LogP contribution is -2.38. The number of hydrogen-bond acceptors (Lipinski definition) is 2.